The van der Waals surface area contributed by atoms with Crippen LogP contribution < -0.4 is 5.32 Å². The maximum atomic E-state index is 12.2. The molecule has 4 nitrogen and oxygen atoms in total. The van der Waals surface area contributed by atoms with Gasteiger partial charge in [0.2, 0.25) is 5.91 Å². The van der Waals surface area contributed by atoms with Gasteiger partial charge < -0.3 is 14.8 Å². The zero-order valence-electron chi connectivity index (χ0n) is 12.4. The van der Waals surface area contributed by atoms with Crippen molar-refractivity contribution < 1.29 is 14.3 Å². The highest BCUT2D eigenvalue weighted by molar-refractivity contribution is 5.79. The van der Waals surface area contributed by atoms with Gasteiger partial charge in [-0.25, -0.2) is 0 Å². The van der Waals surface area contributed by atoms with Gasteiger partial charge in [0.05, 0.1) is 12.9 Å². The van der Waals surface area contributed by atoms with E-state index in [-0.39, 0.29) is 18.4 Å². The second-order valence-electron chi connectivity index (χ2n) is 5.35. The van der Waals surface area contributed by atoms with Crippen molar-refractivity contribution in [3.05, 3.63) is 59.5 Å². The van der Waals surface area contributed by atoms with Gasteiger partial charge in [-0.3, -0.25) is 4.79 Å². The number of hydrogen-bond donors (Lipinski definition) is 2. The molecule has 0 aliphatic carbocycles. The number of hydrogen-bond acceptors (Lipinski definition) is 3. The molecule has 2 atom stereocenters. The van der Waals surface area contributed by atoms with Gasteiger partial charge in [0.25, 0.3) is 0 Å². The van der Waals surface area contributed by atoms with Crippen LogP contribution in [0.1, 0.15) is 29.9 Å². The molecule has 4 heteroatoms. The third kappa shape index (κ3) is 4.20. The van der Waals surface area contributed by atoms with Crippen molar-refractivity contribution in [2.75, 3.05) is 6.61 Å². The molecule has 2 rings (SSSR count). The zero-order valence-corrected chi connectivity index (χ0v) is 12.4. The number of furan rings is 1. The minimum atomic E-state index is -0.493. The van der Waals surface area contributed by atoms with E-state index >= 15 is 0 Å². The van der Waals surface area contributed by atoms with E-state index < -0.39 is 6.04 Å². The number of rotatable bonds is 6. The SMILES string of the molecule is Cc1ccc(CC(C)C(=O)NC(CO)c2ccco2)cc1. The van der Waals surface area contributed by atoms with Crippen molar-refractivity contribution in [2.45, 2.75) is 26.3 Å². The van der Waals surface area contributed by atoms with Crippen LogP contribution in [-0.2, 0) is 11.2 Å². The normalized spacial score (nSPS) is 13.7. The Morgan fingerprint density at radius 3 is 2.57 bits per heavy atom. The molecule has 0 aliphatic heterocycles. The zero-order chi connectivity index (χ0) is 15.2. The standard InChI is InChI=1S/C17H21NO3/c1-12-5-7-14(8-6-12)10-13(2)17(20)18-15(11-19)16-4-3-9-21-16/h3-9,13,15,19H,10-11H2,1-2H3,(H,18,20). The smallest absolute Gasteiger partial charge is 0.223 e. The fourth-order valence-corrected chi connectivity index (χ4v) is 2.18. The van der Waals surface area contributed by atoms with Crippen molar-refractivity contribution >= 4 is 5.91 Å². The molecular weight excluding hydrogens is 266 g/mol. The Kier molecular flexibility index (Phi) is 5.17. The largest absolute Gasteiger partial charge is 0.467 e. The number of carbonyl (C=O) groups excluding carboxylic acids is 1. The molecule has 0 radical (unpaired) electrons. The molecule has 1 aromatic heterocycles. The summed E-state index contributed by atoms with van der Waals surface area (Å²) in [4.78, 5) is 12.2. The van der Waals surface area contributed by atoms with Crippen molar-refractivity contribution in [2.24, 2.45) is 5.92 Å². The maximum Gasteiger partial charge on any atom is 0.223 e. The summed E-state index contributed by atoms with van der Waals surface area (Å²) in [6.45, 7) is 3.73. The predicted molar refractivity (Wildman–Crippen MR) is 80.7 cm³/mol. The third-order valence-electron chi connectivity index (χ3n) is 3.50. The summed E-state index contributed by atoms with van der Waals surface area (Å²) in [6, 6.07) is 11.1. The summed E-state index contributed by atoms with van der Waals surface area (Å²) >= 11 is 0. The molecule has 2 aromatic rings. The Labute approximate surface area is 124 Å². The lowest BCUT2D eigenvalue weighted by Crippen LogP contribution is -2.35. The lowest BCUT2D eigenvalue weighted by atomic mass is 9.99. The fourth-order valence-electron chi connectivity index (χ4n) is 2.18. The first-order chi connectivity index (χ1) is 10.1. The topological polar surface area (TPSA) is 62.5 Å². The van der Waals surface area contributed by atoms with Crippen LogP contribution in [0.5, 0.6) is 0 Å². The van der Waals surface area contributed by atoms with Crippen LogP contribution in [0.4, 0.5) is 0 Å². The predicted octanol–water partition coefficient (Wildman–Crippen LogP) is 2.62. The van der Waals surface area contributed by atoms with E-state index in [1.165, 1.54) is 11.8 Å². The number of carbonyl (C=O) groups is 1. The molecule has 0 saturated carbocycles. The number of amides is 1. The van der Waals surface area contributed by atoms with E-state index in [0.29, 0.717) is 12.2 Å². The minimum absolute atomic E-state index is 0.0916. The van der Waals surface area contributed by atoms with Crippen LogP contribution in [0.2, 0.25) is 0 Å². The van der Waals surface area contributed by atoms with Gasteiger partial charge in [-0.05, 0) is 31.0 Å². The monoisotopic (exact) mass is 287 g/mol. The van der Waals surface area contributed by atoms with E-state index in [4.69, 9.17) is 4.42 Å². The Bertz CT molecular complexity index is 560. The Balaban J connectivity index is 1.94. The molecule has 21 heavy (non-hydrogen) atoms. The Morgan fingerprint density at radius 2 is 2.00 bits per heavy atom. The van der Waals surface area contributed by atoms with Crippen molar-refractivity contribution in [1.29, 1.82) is 0 Å². The van der Waals surface area contributed by atoms with E-state index in [0.717, 1.165) is 5.56 Å². The molecule has 0 fully saturated rings. The highest BCUT2D eigenvalue weighted by atomic mass is 16.3. The highest BCUT2D eigenvalue weighted by Crippen LogP contribution is 2.15. The fraction of sp³-hybridized carbons (Fsp3) is 0.353. The van der Waals surface area contributed by atoms with Gasteiger partial charge in [0.1, 0.15) is 11.8 Å². The van der Waals surface area contributed by atoms with Crippen molar-refractivity contribution in [3.63, 3.8) is 0 Å². The van der Waals surface area contributed by atoms with E-state index in [2.05, 4.69) is 5.32 Å². The van der Waals surface area contributed by atoms with E-state index in [9.17, 15) is 9.90 Å². The summed E-state index contributed by atoms with van der Waals surface area (Å²) in [6.07, 6.45) is 2.20. The van der Waals surface area contributed by atoms with Gasteiger partial charge >= 0.3 is 0 Å². The molecule has 0 saturated heterocycles. The van der Waals surface area contributed by atoms with Gasteiger partial charge in [-0.1, -0.05) is 36.8 Å². The summed E-state index contributed by atoms with van der Waals surface area (Å²) < 4.78 is 5.22. The Morgan fingerprint density at radius 1 is 1.29 bits per heavy atom. The lowest BCUT2D eigenvalue weighted by molar-refractivity contribution is -0.125. The summed E-state index contributed by atoms with van der Waals surface area (Å²) in [5.74, 6) is 0.302. The molecule has 112 valence electrons. The molecule has 0 aliphatic rings. The first kappa shape index (κ1) is 15.3. The van der Waals surface area contributed by atoms with E-state index in [1.54, 1.807) is 12.1 Å². The second kappa shape index (κ2) is 7.09. The summed E-state index contributed by atoms with van der Waals surface area (Å²) in [5, 5.41) is 12.2. The molecule has 1 heterocycles. The molecular formula is C17H21NO3. The number of aryl methyl sites for hydroxylation is 1. The van der Waals surface area contributed by atoms with Crippen LogP contribution in [0, 0.1) is 12.8 Å². The van der Waals surface area contributed by atoms with Crippen LogP contribution >= 0.6 is 0 Å². The minimum Gasteiger partial charge on any atom is -0.467 e. The van der Waals surface area contributed by atoms with Crippen molar-refractivity contribution in [1.82, 2.24) is 5.32 Å². The highest BCUT2D eigenvalue weighted by Gasteiger charge is 2.20. The lowest BCUT2D eigenvalue weighted by Gasteiger charge is -2.17. The van der Waals surface area contributed by atoms with Gasteiger partial charge in [0.15, 0.2) is 0 Å². The molecule has 0 spiro atoms. The average Bonchev–Trinajstić information content (AvgIpc) is 3.01. The van der Waals surface area contributed by atoms with Crippen LogP contribution in [0.25, 0.3) is 0 Å². The number of aliphatic hydroxyl groups excluding tert-OH is 1. The first-order valence-electron chi connectivity index (χ1n) is 7.10. The second-order valence-corrected chi connectivity index (χ2v) is 5.35. The van der Waals surface area contributed by atoms with Gasteiger partial charge in [-0.2, -0.15) is 0 Å². The maximum absolute atomic E-state index is 12.2. The number of nitrogens with one attached hydrogen (secondary N) is 1. The quantitative estimate of drug-likeness (QED) is 0.858. The van der Waals surface area contributed by atoms with Crippen LogP contribution in [0.3, 0.4) is 0 Å². The van der Waals surface area contributed by atoms with Crippen molar-refractivity contribution in [3.8, 4) is 0 Å². The molecule has 1 aromatic carbocycles. The summed E-state index contributed by atoms with van der Waals surface area (Å²) in [7, 11) is 0. The van der Waals surface area contributed by atoms with Crippen LogP contribution in [0.15, 0.2) is 47.1 Å². The molecule has 2 unspecified atom stereocenters. The molecule has 1 amide bonds. The molecule has 0 bridgehead atoms. The number of aliphatic hydroxyl groups is 1. The molecule has 2 N–H and O–H groups in total. The third-order valence-corrected chi connectivity index (χ3v) is 3.50. The van der Waals surface area contributed by atoms with Gasteiger partial charge in [0, 0.05) is 5.92 Å². The summed E-state index contributed by atoms with van der Waals surface area (Å²) in [5.41, 5.74) is 2.33. The van der Waals surface area contributed by atoms with Crippen LogP contribution in [-0.4, -0.2) is 17.6 Å². The Hall–Kier alpha value is -2.07. The first-order valence-corrected chi connectivity index (χ1v) is 7.10. The number of benzene rings is 1. The van der Waals surface area contributed by atoms with E-state index in [1.807, 2.05) is 38.1 Å². The average molecular weight is 287 g/mol. The van der Waals surface area contributed by atoms with Gasteiger partial charge in [-0.15, -0.1) is 0 Å².